The molecule has 0 fully saturated rings. The molecule has 0 aromatic carbocycles. The van der Waals surface area contributed by atoms with Gasteiger partial charge in [0, 0.05) is 17.3 Å². The summed E-state index contributed by atoms with van der Waals surface area (Å²) in [7, 11) is 0. The third-order valence-corrected chi connectivity index (χ3v) is 3.04. The Labute approximate surface area is 111 Å². The van der Waals surface area contributed by atoms with Crippen LogP contribution in [0.3, 0.4) is 0 Å². The van der Waals surface area contributed by atoms with E-state index in [1.54, 1.807) is 0 Å². The fourth-order valence-corrected chi connectivity index (χ4v) is 1.83. The molecule has 2 heterocycles. The average molecular weight is 266 g/mol. The number of hydrogen-bond donors (Lipinski definition) is 0. The summed E-state index contributed by atoms with van der Waals surface area (Å²) >= 11 is 6.09. The minimum Gasteiger partial charge on any atom is -0.216 e. The Morgan fingerprint density at radius 3 is 2.39 bits per heavy atom. The Hall–Kier alpha value is -1.49. The van der Waals surface area contributed by atoms with Gasteiger partial charge in [-0.05, 0) is 37.9 Å². The van der Waals surface area contributed by atoms with Crippen LogP contribution in [0.1, 0.15) is 43.4 Å². The summed E-state index contributed by atoms with van der Waals surface area (Å²) in [5.41, 5.74) is 1.77. The van der Waals surface area contributed by atoms with E-state index in [4.69, 9.17) is 11.6 Å². The Morgan fingerprint density at radius 2 is 1.83 bits per heavy atom. The molecule has 0 radical (unpaired) electrons. The highest BCUT2D eigenvalue weighted by atomic mass is 35.5. The van der Waals surface area contributed by atoms with Crippen LogP contribution in [0.5, 0.6) is 0 Å². The third kappa shape index (κ3) is 2.51. The zero-order chi connectivity index (χ0) is 13.3. The van der Waals surface area contributed by atoms with Crippen LogP contribution in [0, 0.1) is 13.8 Å². The lowest BCUT2D eigenvalue weighted by atomic mass is 10.1. The minimum absolute atomic E-state index is 0.273. The van der Waals surface area contributed by atoms with E-state index in [0.717, 1.165) is 23.6 Å². The summed E-state index contributed by atoms with van der Waals surface area (Å²) in [5, 5.41) is 4.68. The van der Waals surface area contributed by atoms with Gasteiger partial charge in [0.15, 0.2) is 5.82 Å². The molecule has 0 N–H and O–H groups in total. The quantitative estimate of drug-likeness (QED) is 0.856. The van der Waals surface area contributed by atoms with Crippen molar-refractivity contribution in [3.63, 3.8) is 0 Å². The maximum atomic E-state index is 6.09. The van der Waals surface area contributed by atoms with Crippen LogP contribution in [0.2, 0.25) is 5.28 Å². The summed E-state index contributed by atoms with van der Waals surface area (Å²) in [6.07, 6.45) is 0.966. The predicted octanol–water partition coefficient (Wildman–Crippen LogP) is 2.84. The van der Waals surface area contributed by atoms with E-state index in [1.807, 2.05) is 19.9 Å². The van der Waals surface area contributed by atoms with Crippen molar-refractivity contribution >= 4 is 11.6 Å². The first kappa shape index (κ1) is 13.0. The monoisotopic (exact) mass is 265 g/mol. The Bertz CT molecular complexity index is 543. The van der Waals surface area contributed by atoms with Crippen LogP contribution in [-0.2, 0) is 0 Å². The summed E-state index contributed by atoms with van der Waals surface area (Å²) in [6.45, 7) is 7.99. The van der Waals surface area contributed by atoms with Gasteiger partial charge in [0.05, 0.1) is 0 Å². The van der Waals surface area contributed by atoms with Gasteiger partial charge in [-0.2, -0.15) is 4.68 Å². The van der Waals surface area contributed by atoms with Gasteiger partial charge in [0.25, 0.3) is 5.95 Å². The van der Waals surface area contributed by atoms with Gasteiger partial charge in [0.1, 0.15) is 0 Å². The molecule has 1 atom stereocenters. The van der Waals surface area contributed by atoms with Crippen LogP contribution >= 0.6 is 11.6 Å². The van der Waals surface area contributed by atoms with Gasteiger partial charge in [0.2, 0.25) is 5.28 Å². The molecule has 18 heavy (non-hydrogen) atoms. The number of aryl methyl sites for hydroxylation is 2. The summed E-state index contributed by atoms with van der Waals surface area (Å²) in [4.78, 5) is 12.9. The van der Waals surface area contributed by atoms with Crippen LogP contribution in [0.4, 0.5) is 0 Å². The normalized spacial score (nSPS) is 12.7. The van der Waals surface area contributed by atoms with Gasteiger partial charge in [-0.25, -0.2) is 15.0 Å². The topological polar surface area (TPSA) is 56.5 Å². The first-order valence-corrected chi connectivity index (χ1v) is 6.34. The molecule has 0 bridgehead atoms. The van der Waals surface area contributed by atoms with Gasteiger partial charge >= 0.3 is 0 Å². The highest BCUT2D eigenvalue weighted by Gasteiger charge is 2.15. The summed E-state index contributed by atoms with van der Waals surface area (Å²) in [6, 6.07) is 1.91. The van der Waals surface area contributed by atoms with Crippen LogP contribution in [-0.4, -0.2) is 24.7 Å². The number of nitrogens with zero attached hydrogens (tertiary/aromatic N) is 5. The van der Waals surface area contributed by atoms with Crippen molar-refractivity contribution in [2.75, 3.05) is 0 Å². The van der Waals surface area contributed by atoms with Gasteiger partial charge < -0.3 is 0 Å². The zero-order valence-electron chi connectivity index (χ0n) is 11.0. The van der Waals surface area contributed by atoms with Crippen molar-refractivity contribution in [1.29, 1.82) is 0 Å². The molecular formula is C12H16ClN5. The molecule has 6 heteroatoms. The van der Waals surface area contributed by atoms with E-state index >= 15 is 0 Å². The van der Waals surface area contributed by atoms with Crippen molar-refractivity contribution in [2.24, 2.45) is 0 Å². The Balaban J connectivity index is 2.47. The van der Waals surface area contributed by atoms with Gasteiger partial charge in [-0.15, -0.1) is 5.10 Å². The van der Waals surface area contributed by atoms with Crippen LogP contribution in [0.25, 0.3) is 5.95 Å². The highest BCUT2D eigenvalue weighted by molar-refractivity contribution is 6.28. The van der Waals surface area contributed by atoms with E-state index in [9.17, 15) is 0 Å². The fraction of sp³-hybridized carbons (Fsp3) is 0.500. The maximum absolute atomic E-state index is 6.09. The molecule has 0 saturated carbocycles. The Kier molecular flexibility index (Phi) is 3.61. The van der Waals surface area contributed by atoms with E-state index in [0.29, 0.717) is 11.2 Å². The molecule has 2 aromatic rings. The molecule has 0 unspecified atom stereocenters. The molecule has 0 amide bonds. The van der Waals surface area contributed by atoms with Crippen molar-refractivity contribution in [1.82, 2.24) is 24.7 Å². The van der Waals surface area contributed by atoms with E-state index in [-0.39, 0.29) is 5.92 Å². The first-order valence-electron chi connectivity index (χ1n) is 5.96. The van der Waals surface area contributed by atoms with E-state index < -0.39 is 0 Å². The van der Waals surface area contributed by atoms with Gasteiger partial charge in [-0.1, -0.05) is 13.8 Å². The van der Waals surface area contributed by atoms with Crippen molar-refractivity contribution in [3.8, 4) is 5.95 Å². The molecule has 0 saturated heterocycles. The van der Waals surface area contributed by atoms with Crippen molar-refractivity contribution in [2.45, 2.75) is 40.0 Å². The SMILES string of the molecule is CC[C@@H](C)c1nc(Cl)n(-c2nc(C)cc(C)n2)n1. The largest absolute Gasteiger partial charge is 0.253 e. The molecule has 0 aliphatic heterocycles. The number of rotatable bonds is 3. The number of halogens is 1. The smallest absolute Gasteiger partial charge is 0.216 e. The lowest BCUT2D eigenvalue weighted by Gasteiger charge is -2.03. The fourth-order valence-electron chi connectivity index (χ4n) is 1.63. The second-order valence-corrected chi connectivity index (χ2v) is 4.75. The average Bonchev–Trinajstić information content (AvgIpc) is 2.69. The Morgan fingerprint density at radius 1 is 1.22 bits per heavy atom. The molecule has 2 rings (SSSR count). The molecule has 0 aliphatic rings. The second kappa shape index (κ2) is 5.02. The first-order chi connectivity index (χ1) is 8.51. The maximum Gasteiger partial charge on any atom is 0.253 e. The third-order valence-electron chi connectivity index (χ3n) is 2.80. The van der Waals surface area contributed by atoms with E-state index in [2.05, 4.69) is 33.9 Å². The number of aromatic nitrogens is 5. The highest BCUT2D eigenvalue weighted by Crippen LogP contribution is 2.19. The molecule has 2 aromatic heterocycles. The van der Waals surface area contributed by atoms with Crippen LogP contribution < -0.4 is 0 Å². The van der Waals surface area contributed by atoms with Crippen LogP contribution in [0.15, 0.2) is 6.07 Å². The van der Waals surface area contributed by atoms with Gasteiger partial charge in [-0.3, -0.25) is 0 Å². The van der Waals surface area contributed by atoms with Crippen molar-refractivity contribution < 1.29 is 0 Å². The molecule has 0 spiro atoms. The predicted molar refractivity (Wildman–Crippen MR) is 70.1 cm³/mol. The number of hydrogen-bond acceptors (Lipinski definition) is 4. The zero-order valence-corrected chi connectivity index (χ0v) is 11.7. The molecule has 96 valence electrons. The van der Waals surface area contributed by atoms with Crippen molar-refractivity contribution in [3.05, 3.63) is 28.6 Å². The van der Waals surface area contributed by atoms with E-state index in [1.165, 1.54) is 4.68 Å². The lowest BCUT2D eigenvalue weighted by Crippen LogP contribution is -2.06. The molecule has 5 nitrogen and oxygen atoms in total. The minimum atomic E-state index is 0.273. The standard InChI is InChI=1S/C12H16ClN5/c1-5-7(2)10-16-11(13)18(17-10)12-14-8(3)6-9(4)15-12/h6-7H,5H2,1-4H3/t7-/m1/s1. The summed E-state index contributed by atoms with van der Waals surface area (Å²) in [5.74, 6) is 1.47. The second-order valence-electron chi connectivity index (χ2n) is 4.41. The molecular weight excluding hydrogens is 250 g/mol. The summed E-state index contributed by atoms with van der Waals surface area (Å²) < 4.78 is 1.49. The molecule has 0 aliphatic carbocycles. The lowest BCUT2D eigenvalue weighted by molar-refractivity contribution is 0.665.